The molecule has 0 heterocycles. The quantitative estimate of drug-likeness (QED) is 0.769. The molecule has 0 amide bonds. The molecule has 0 bridgehead atoms. The zero-order valence-corrected chi connectivity index (χ0v) is 12.8. The maximum atomic E-state index is 9.36. The molecule has 0 fully saturated rings. The topological polar surface area (TPSA) is 20.2 Å². The summed E-state index contributed by atoms with van der Waals surface area (Å²) >= 11 is 13.8. The van der Waals surface area contributed by atoms with Gasteiger partial charge >= 0.3 is 0 Å². The van der Waals surface area contributed by atoms with Crippen LogP contribution in [-0.2, 0) is 6.42 Å². The molecule has 0 aliphatic carbocycles. The first-order chi connectivity index (χ1) is 9.06. The molecule has 2 aromatic carbocycles. The van der Waals surface area contributed by atoms with Crippen LogP contribution < -0.4 is 0 Å². The first-order valence-electron chi connectivity index (χ1n) is 5.92. The van der Waals surface area contributed by atoms with Crippen molar-refractivity contribution in [1.29, 1.82) is 0 Å². The first-order valence-corrected chi connectivity index (χ1v) is 7.67. The van der Waals surface area contributed by atoms with Gasteiger partial charge in [0.25, 0.3) is 0 Å². The van der Waals surface area contributed by atoms with E-state index in [1.54, 1.807) is 30.0 Å². The van der Waals surface area contributed by atoms with Gasteiger partial charge in [-0.2, -0.15) is 0 Å². The zero-order valence-electron chi connectivity index (χ0n) is 10.5. The number of thioether (sulfide) groups is 1. The fourth-order valence-corrected chi connectivity index (χ4v) is 3.29. The van der Waals surface area contributed by atoms with Crippen molar-refractivity contribution < 1.29 is 5.11 Å². The van der Waals surface area contributed by atoms with Crippen molar-refractivity contribution in [2.45, 2.75) is 18.2 Å². The summed E-state index contributed by atoms with van der Waals surface area (Å²) in [6, 6.07) is 11.0. The molecule has 4 heteroatoms. The predicted octanol–water partition coefficient (Wildman–Crippen LogP) is 5.34. The van der Waals surface area contributed by atoms with E-state index in [4.69, 9.17) is 23.2 Å². The van der Waals surface area contributed by atoms with E-state index < -0.39 is 0 Å². The fraction of sp³-hybridized carbons (Fsp3) is 0.200. The Morgan fingerprint density at radius 3 is 2.58 bits per heavy atom. The molecule has 2 aromatic rings. The maximum absolute atomic E-state index is 9.36. The molecule has 0 aliphatic heterocycles. The van der Waals surface area contributed by atoms with Gasteiger partial charge in [-0.15, -0.1) is 11.8 Å². The molecule has 2 rings (SSSR count). The summed E-state index contributed by atoms with van der Waals surface area (Å²) in [6.45, 7) is 2.00. The molecule has 0 unspecified atom stereocenters. The number of phenolic OH excluding ortho intramolecular Hbond substituents is 1. The number of phenols is 1. The van der Waals surface area contributed by atoms with Crippen molar-refractivity contribution in [3.8, 4) is 5.75 Å². The zero-order chi connectivity index (χ0) is 13.8. The molecule has 19 heavy (non-hydrogen) atoms. The van der Waals surface area contributed by atoms with Crippen LogP contribution in [0.5, 0.6) is 5.75 Å². The lowest BCUT2D eigenvalue weighted by Crippen LogP contribution is -1.90. The largest absolute Gasteiger partial charge is 0.508 e. The summed E-state index contributed by atoms with van der Waals surface area (Å²) in [7, 11) is 0. The van der Waals surface area contributed by atoms with E-state index in [0.29, 0.717) is 10.8 Å². The first kappa shape index (κ1) is 14.6. The maximum Gasteiger partial charge on any atom is 0.115 e. The number of benzene rings is 2. The number of hydrogen-bond acceptors (Lipinski definition) is 2. The average molecular weight is 313 g/mol. The molecular formula is C15H14Cl2OS. The molecule has 0 aliphatic rings. The van der Waals surface area contributed by atoms with Gasteiger partial charge in [0.15, 0.2) is 0 Å². The highest BCUT2D eigenvalue weighted by Crippen LogP contribution is 2.28. The van der Waals surface area contributed by atoms with E-state index in [2.05, 4.69) is 0 Å². The van der Waals surface area contributed by atoms with Gasteiger partial charge in [0.2, 0.25) is 0 Å². The van der Waals surface area contributed by atoms with Gasteiger partial charge in [-0.1, -0.05) is 29.3 Å². The van der Waals surface area contributed by atoms with Crippen LogP contribution in [0.3, 0.4) is 0 Å². The summed E-state index contributed by atoms with van der Waals surface area (Å²) in [5, 5.41) is 10.7. The monoisotopic (exact) mass is 312 g/mol. The molecule has 0 aromatic heterocycles. The smallest absolute Gasteiger partial charge is 0.115 e. The minimum absolute atomic E-state index is 0.308. The second-order valence-corrected chi connectivity index (χ2v) is 6.26. The third kappa shape index (κ3) is 4.07. The fourth-order valence-electron chi connectivity index (χ4n) is 1.79. The van der Waals surface area contributed by atoms with Crippen LogP contribution in [0, 0.1) is 6.92 Å². The molecular weight excluding hydrogens is 299 g/mol. The van der Waals surface area contributed by atoms with Crippen LogP contribution in [-0.4, -0.2) is 10.9 Å². The standard InChI is InChI=1S/C15H14Cl2OS/c1-10-8-13(18)4-5-15(10)19-7-6-11-2-3-12(16)9-14(11)17/h2-5,8-9,18H,6-7H2,1H3. The summed E-state index contributed by atoms with van der Waals surface area (Å²) in [5.74, 6) is 1.25. The molecule has 0 atom stereocenters. The molecule has 1 nitrogen and oxygen atoms in total. The number of aromatic hydroxyl groups is 1. The second-order valence-electron chi connectivity index (χ2n) is 4.28. The van der Waals surface area contributed by atoms with E-state index in [9.17, 15) is 5.11 Å². The Kier molecular flexibility index (Phi) is 5.03. The molecule has 0 spiro atoms. The van der Waals surface area contributed by atoms with Crippen molar-refractivity contribution >= 4 is 35.0 Å². The highest BCUT2D eigenvalue weighted by Gasteiger charge is 2.04. The van der Waals surface area contributed by atoms with E-state index >= 15 is 0 Å². The summed E-state index contributed by atoms with van der Waals surface area (Å²) in [6.07, 6.45) is 0.890. The summed E-state index contributed by atoms with van der Waals surface area (Å²) in [5.41, 5.74) is 2.20. The van der Waals surface area contributed by atoms with Gasteiger partial charge < -0.3 is 5.11 Å². The van der Waals surface area contributed by atoms with Crippen molar-refractivity contribution in [3.05, 3.63) is 57.6 Å². The summed E-state index contributed by atoms with van der Waals surface area (Å²) < 4.78 is 0. The minimum Gasteiger partial charge on any atom is -0.508 e. The van der Waals surface area contributed by atoms with Gasteiger partial charge in [-0.3, -0.25) is 0 Å². The lowest BCUT2D eigenvalue weighted by atomic mass is 10.2. The third-order valence-electron chi connectivity index (χ3n) is 2.80. The van der Waals surface area contributed by atoms with Gasteiger partial charge in [-0.25, -0.2) is 0 Å². The highest BCUT2D eigenvalue weighted by molar-refractivity contribution is 7.99. The van der Waals surface area contributed by atoms with Crippen LogP contribution in [0.2, 0.25) is 10.0 Å². The second kappa shape index (κ2) is 6.56. The Hall–Kier alpha value is -0.830. The Balaban J connectivity index is 1.96. The molecule has 0 saturated heterocycles. The van der Waals surface area contributed by atoms with Crippen LogP contribution in [0.4, 0.5) is 0 Å². The number of aryl methyl sites for hydroxylation is 2. The Morgan fingerprint density at radius 2 is 1.89 bits per heavy atom. The van der Waals surface area contributed by atoms with E-state index in [0.717, 1.165) is 28.3 Å². The predicted molar refractivity (Wildman–Crippen MR) is 83.7 cm³/mol. The molecule has 100 valence electrons. The highest BCUT2D eigenvalue weighted by atomic mass is 35.5. The number of halogens is 2. The van der Waals surface area contributed by atoms with Crippen molar-refractivity contribution in [2.24, 2.45) is 0 Å². The average Bonchev–Trinajstić information content (AvgIpc) is 2.34. The van der Waals surface area contributed by atoms with E-state index in [1.807, 2.05) is 25.1 Å². The molecule has 0 saturated carbocycles. The van der Waals surface area contributed by atoms with Crippen LogP contribution in [0.25, 0.3) is 0 Å². The van der Waals surface area contributed by atoms with Crippen molar-refractivity contribution in [1.82, 2.24) is 0 Å². The van der Waals surface area contributed by atoms with Gasteiger partial charge in [-0.05, 0) is 54.8 Å². The Bertz CT molecular complexity index is 533. The minimum atomic E-state index is 0.308. The van der Waals surface area contributed by atoms with E-state index in [1.165, 1.54) is 4.90 Å². The van der Waals surface area contributed by atoms with Crippen molar-refractivity contribution in [3.63, 3.8) is 0 Å². The van der Waals surface area contributed by atoms with Crippen molar-refractivity contribution in [2.75, 3.05) is 5.75 Å². The normalized spacial score (nSPS) is 10.7. The molecule has 1 N–H and O–H groups in total. The lowest BCUT2D eigenvalue weighted by Gasteiger charge is -2.07. The SMILES string of the molecule is Cc1cc(O)ccc1SCCc1ccc(Cl)cc1Cl. The lowest BCUT2D eigenvalue weighted by molar-refractivity contribution is 0.474. The Labute approximate surface area is 127 Å². The number of hydrogen-bond donors (Lipinski definition) is 1. The third-order valence-corrected chi connectivity index (χ3v) is 4.57. The van der Waals surface area contributed by atoms with Gasteiger partial charge in [0.1, 0.15) is 5.75 Å². The van der Waals surface area contributed by atoms with Crippen LogP contribution in [0.15, 0.2) is 41.3 Å². The molecule has 0 radical (unpaired) electrons. The van der Waals surface area contributed by atoms with Crippen LogP contribution >= 0.6 is 35.0 Å². The number of rotatable bonds is 4. The van der Waals surface area contributed by atoms with Crippen LogP contribution in [0.1, 0.15) is 11.1 Å². The Morgan fingerprint density at radius 1 is 1.11 bits per heavy atom. The van der Waals surface area contributed by atoms with Gasteiger partial charge in [0, 0.05) is 20.7 Å². The van der Waals surface area contributed by atoms with Gasteiger partial charge in [0.05, 0.1) is 0 Å². The summed E-state index contributed by atoms with van der Waals surface area (Å²) in [4.78, 5) is 1.18. The van der Waals surface area contributed by atoms with E-state index in [-0.39, 0.29) is 0 Å².